The van der Waals surface area contributed by atoms with Crippen molar-refractivity contribution in [2.75, 3.05) is 0 Å². The van der Waals surface area contributed by atoms with Crippen LogP contribution in [-0.4, -0.2) is 4.98 Å². The first kappa shape index (κ1) is 10.8. The van der Waals surface area contributed by atoms with Gasteiger partial charge in [0.25, 0.3) is 6.43 Å². The van der Waals surface area contributed by atoms with E-state index in [4.69, 9.17) is 11.6 Å². The van der Waals surface area contributed by atoms with Crippen molar-refractivity contribution in [3.63, 3.8) is 0 Å². The molecule has 13 heavy (non-hydrogen) atoms. The summed E-state index contributed by atoms with van der Waals surface area (Å²) < 4.78 is 37.1. The van der Waals surface area contributed by atoms with Crippen molar-refractivity contribution in [1.29, 1.82) is 0 Å². The van der Waals surface area contributed by atoms with Crippen LogP contribution in [0.2, 0.25) is 0 Å². The van der Waals surface area contributed by atoms with Gasteiger partial charge in [0.2, 0.25) is 0 Å². The molecule has 0 aromatic carbocycles. The van der Waals surface area contributed by atoms with Crippen LogP contribution in [0.25, 0.3) is 0 Å². The van der Waals surface area contributed by atoms with Crippen LogP contribution >= 0.6 is 27.5 Å². The predicted molar refractivity (Wildman–Crippen MR) is 46.4 cm³/mol. The molecule has 0 fully saturated rings. The minimum Gasteiger partial charge on any atom is -0.254 e. The lowest BCUT2D eigenvalue weighted by atomic mass is 10.2. The molecule has 0 aliphatic carbocycles. The van der Waals surface area contributed by atoms with E-state index in [0.717, 1.165) is 6.20 Å². The fraction of sp³-hybridized carbons (Fsp3) is 0.286. The highest BCUT2D eigenvalue weighted by Gasteiger charge is 2.18. The Labute approximate surface area is 86.0 Å². The maximum absolute atomic E-state index is 13.1. The molecule has 1 aromatic rings. The van der Waals surface area contributed by atoms with Gasteiger partial charge in [0.1, 0.15) is 11.5 Å². The minimum absolute atomic E-state index is 0.0953. The van der Waals surface area contributed by atoms with E-state index in [2.05, 4.69) is 20.9 Å². The third kappa shape index (κ3) is 2.14. The largest absolute Gasteiger partial charge is 0.281 e. The Balaban J connectivity index is 3.23. The predicted octanol–water partition coefficient (Wildman–Crippen LogP) is 3.66. The summed E-state index contributed by atoms with van der Waals surface area (Å²) in [5, 5.41) is 0. The third-order valence-electron chi connectivity index (χ3n) is 1.41. The molecule has 1 aromatic heterocycles. The monoisotopic (exact) mass is 273 g/mol. The van der Waals surface area contributed by atoms with E-state index in [9.17, 15) is 13.2 Å². The van der Waals surface area contributed by atoms with E-state index in [1.807, 2.05) is 0 Å². The molecule has 6 heteroatoms. The van der Waals surface area contributed by atoms with Crippen molar-refractivity contribution in [2.45, 2.75) is 12.3 Å². The number of hydrogen-bond donors (Lipinski definition) is 0. The Morgan fingerprint density at radius 2 is 2.15 bits per heavy atom. The zero-order chi connectivity index (χ0) is 10.0. The Hall–Kier alpha value is -0.290. The number of pyridine rings is 1. The van der Waals surface area contributed by atoms with E-state index in [1.54, 1.807) is 0 Å². The van der Waals surface area contributed by atoms with Gasteiger partial charge in [0.15, 0.2) is 0 Å². The Morgan fingerprint density at radius 3 is 2.62 bits per heavy atom. The highest BCUT2D eigenvalue weighted by atomic mass is 79.9. The lowest BCUT2D eigenvalue weighted by molar-refractivity contribution is 0.144. The SMILES string of the molecule is Fc1c(CCl)cnc(C(F)F)c1Br. The van der Waals surface area contributed by atoms with Crippen molar-refractivity contribution in [3.8, 4) is 0 Å². The lowest BCUT2D eigenvalue weighted by Gasteiger charge is -2.05. The van der Waals surface area contributed by atoms with Gasteiger partial charge in [-0.05, 0) is 15.9 Å². The first-order valence-electron chi connectivity index (χ1n) is 3.24. The summed E-state index contributed by atoms with van der Waals surface area (Å²) in [5.74, 6) is -0.874. The number of aromatic nitrogens is 1. The molecule has 1 rings (SSSR count). The number of alkyl halides is 3. The Kier molecular flexibility index (Phi) is 3.55. The zero-order valence-electron chi connectivity index (χ0n) is 6.20. The maximum atomic E-state index is 13.1. The van der Waals surface area contributed by atoms with E-state index >= 15 is 0 Å². The third-order valence-corrected chi connectivity index (χ3v) is 2.45. The second-order valence-electron chi connectivity index (χ2n) is 2.23. The molecule has 0 aliphatic rings. The molecule has 0 unspecified atom stereocenters. The fourth-order valence-electron chi connectivity index (χ4n) is 0.760. The molecule has 0 amide bonds. The smallest absolute Gasteiger partial charge is 0.254 e. The quantitative estimate of drug-likeness (QED) is 0.750. The van der Waals surface area contributed by atoms with Crippen LogP contribution in [0.4, 0.5) is 13.2 Å². The first-order valence-corrected chi connectivity index (χ1v) is 4.57. The molecular weight excluding hydrogens is 270 g/mol. The van der Waals surface area contributed by atoms with Crippen LogP contribution < -0.4 is 0 Å². The standard InChI is InChI=1S/C7H4BrClF3N/c8-4-5(10)3(1-9)2-13-6(4)7(11)12/h2,7H,1H2. The van der Waals surface area contributed by atoms with Gasteiger partial charge in [-0.1, -0.05) is 0 Å². The maximum Gasteiger partial charge on any atom is 0.281 e. The summed E-state index contributed by atoms with van der Waals surface area (Å²) in [6, 6.07) is 0. The molecule has 0 bridgehead atoms. The highest BCUT2D eigenvalue weighted by Crippen LogP contribution is 2.29. The topological polar surface area (TPSA) is 12.9 Å². The van der Waals surface area contributed by atoms with Gasteiger partial charge in [0, 0.05) is 11.8 Å². The van der Waals surface area contributed by atoms with Gasteiger partial charge in [-0.2, -0.15) is 0 Å². The number of nitrogens with zero attached hydrogens (tertiary/aromatic N) is 1. The normalized spacial score (nSPS) is 10.9. The van der Waals surface area contributed by atoms with Crippen LogP contribution in [0.15, 0.2) is 10.7 Å². The number of halogens is 5. The van der Waals surface area contributed by atoms with Gasteiger partial charge in [-0.25, -0.2) is 13.2 Å². The van der Waals surface area contributed by atoms with Gasteiger partial charge in [-0.3, -0.25) is 4.98 Å². The van der Waals surface area contributed by atoms with Gasteiger partial charge in [0.05, 0.1) is 10.4 Å². The lowest BCUT2D eigenvalue weighted by Crippen LogP contribution is -1.98. The summed E-state index contributed by atoms with van der Waals surface area (Å²) in [6.07, 6.45) is -1.79. The van der Waals surface area contributed by atoms with E-state index in [-0.39, 0.29) is 15.9 Å². The molecule has 0 saturated carbocycles. The minimum atomic E-state index is -2.80. The summed E-state index contributed by atoms with van der Waals surface area (Å²) >= 11 is 8.04. The van der Waals surface area contributed by atoms with E-state index in [0.29, 0.717) is 0 Å². The summed E-state index contributed by atoms with van der Waals surface area (Å²) in [6.45, 7) is 0. The van der Waals surface area contributed by atoms with E-state index in [1.165, 1.54) is 0 Å². The van der Waals surface area contributed by atoms with Gasteiger partial charge in [-0.15, -0.1) is 11.6 Å². The summed E-state index contributed by atoms with van der Waals surface area (Å²) in [5.41, 5.74) is -0.510. The molecular formula is C7H4BrClF3N. The number of hydrogen-bond acceptors (Lipinski definition) is 1. The molecule has 0 N–H and O–H groups in total. The van der Waals surface area contributed by atoms with Crippen molar-refractivity contribution in [3.05, 3.63) is 27.7 Å². The average Bonchev–Trinajstić information content (AvgIpc) is 2.09. The molecule has 1 nitrogen and oxygen atoms in total. The van der Waals surface area contributed by atoms with Crippen molar-refractivity contribution < 1.29 is 13.2 Å². The fourth-order valence-corrected chi connectivity index (χ4v) is 1.48. The Bertz CT molecular complexity index is 319. The van der Waals surface area contributed by atoms with Crippen molar-refractivity contribution >= 4 is 27.5 Å². The van der Waals surface area contributed by atoms with Crippen molar-refractivity contribution in [1.82, 2.24) is 4.98 Å². The van der Waals surface area contributed by atoms with E-state index < -0.39 is 17.9 Å². The Morgan fingerprint density at radius 1 is 1.54 bits per heavy atom. The van der Waals surface area contributed by atoms with Gasteiger partial charge >= 0.3 is 0 Å². The second kappa shape index (κ2) is 4.28. The van der Waals surface area contributed by atoms with Crippen LogP contribution in [0.5, 0.6) is 0 Å². The molecule has 0 spiro atoms. The summed E-state index contributed by atoms with van der Waals surface area (Å²) in [4.78, 5) is 3.39. The molecule has 0 saturated heterocycles. The molecule has 0 radical (unpaired) electrons. The zero-order valence-corrected chi connectivity index (χ0v) is 8.54. The molecule has 1 heterocycles. The van der Waals surface area contributed by atoms with Crippen molar-refractivity contribution in [2.24, 2.45) is 0 Å². The number of rotatable bonds is 2. The van der Waals surface area contributed by atoms with Crippen LogP contribution in [0.3, 0.4) is 0 Å². The second-order valence-corrected chi connectivity index (χ2v) is 3.29. The average molecular weight is 274 g/mol. The summed E-state index contributed by atoms with van der Waals surface area (Å²) in [7, 11) is 0. The van der Waals surface area contributed by atoms with Crippen LogP contribution in [-0.2, 0) is 5.88 Å². The molecule has 72 valence electrons. The van der Waals surface area contributed by atoms with Gasteiger partial charge < -0.3 is 0 Å². The molecule has 0 aliphatic heterocycles. The van der Waals surface area contributed by atoms with Crippen LogP contribution in [0.1, 0.15) is 17.7 Å². The highest BCUT2D eigenvalue weighted by molar-refractivity contribution is 9.10. The van der Waals surface area contributed by atoms with Crippen LogP contribution in [0, 0.1) is 5.82 Å². The molecule has 0 atom stereocenters. The first-order chi connectivity index (χ1) is 6.07.